The van der Waals surface area contributed by atoms with E-state index in [1.54, 1.807) is 0 Å². The van der Waals surface area contributed by atoms with E-state index in [9.17, 15) is 0 Å². The Bertz CT molecular complexity index is 33.1. The number of rotatable bonds is 0. The number of hydrogen-bond donors (Lipinski definition) is 0. The molecule has 0 spiro atoms. The third-order valence-corrected chi connectivity index (χ3v) is 0. The van der Waals surface area contributed by atoms with Crippen molar-refractivity contribution in [2.24, 2.45) is 0 Å². The van der Waals surface area contributed by atoms with Crippen molar-refractivity contribution < 1.29 is 21.5 Å². The molecule has 0 amide bonds. The summed E-state index contributed by atoms with van der Waals surface area (Å²) in [4.78, 5) is 1.50. The molecule has 0 radical (unpaired) electrons. The van der Waals surface area contributed by atoms with Gasteiger partial charge in [0.15, 0.2) is 0 Å². The quantitative estimate of drug-likeness (QED) is 0.364. The Morgan fingerprint density at radius 1 is 1.60 bits per heavy atom. The average Bonchev–Trinajstić information content (AvgIpc) is 0.918. The molecule has 5 heavy (non-hydrogen) atoms. The maximum atomic E-state index is 7.21. The van der Waals surface area contributed by atoms with E-state index in [0.717, 1.165) is 0 Å². The molecule has 0 aliphatic carbocycles. The van der Waals surface area contributed by atoms with Gasteiger partial charge in [-0.25, -0.2) is 0 Å². The van der Waals surface area contributed by atoms with Gasteiger partial charge >= 0.3 is 55.8 Å². The van der Waals surface area contributed by atoms with Crippen LogP contribution in [0.5, 0.6) is 0 Å². The van der Waals surface area contributed by atoms with E-state index >= 15 is 0 Å². The van der Waals surface area contributed by atoms with Gasteiger partial charge in [0, 0.05) is 0 Å². The van der Waals surface area contributed by atoms with Crippen molar-refractivity contribution in [1.29, 1.82) is 5.26 Å². The summed E-state index contributed by atoms with van der Waals surface area (Å²) in [6.45, 7) is 0. The van der Waals surface area contributed by atoms with Crippen LogP contribution in [0.15, 0.2) is 0 Å². The average molecular weight is 124 g/mol. The van der Waals surface area contributed by atoms with Gasteiger partial charge in [-0.1, -0.05) is 0 Å². The second kappa shape index (κ2) is 20.2. The molecule has 0 unspecified atom stereocenters. The zero-order valence-corrected chi connectivity index (χ0v) is 2.90. The molecule has 2 nitrogen and oxygen atoms in total. The van der Waals surface area contributed by atoms with Crippen molar-refractivity contribution in [2.45, 2.75) is 0 Å². The fourth-order valence-corrected chi connectivity index (χ4v) is 0. The van der Waals surface area contributed by atoms with Crippen LogP contribution in [0, 0.1) is 10.2 Å². The van der Waals surface area contributed by atoms with Gasteiger partial charge in [-0.3, -0.25) is 0 Å². The monoisotopic (exact) mass is 124 g/mol. The first-order valence-electron chi connectivity index (χ1n) is 0.400. The van der Waals surface area contributed by atoms with E-state index in [1.165, 1.54) is 4.97 Å². The summed E-state index contributed by atoms with van der Waals surface area (Å²) in [6, 6.07) is 0. The van der Waals surface area contributed by atoms with Crippen LogP contribution in [0.3, 0.4) is 0 Å². The van der Waals surface area contributed by atoms with E-state index in [-0.39, 0.29) is 35.0 Å². The van der Waals surface area contributed by atoms with Crippen LogP contribution in [0.2, 0.25) is 0 Å². The molecule has 0 saturated heterocycles. The van der Waals surface area contributed by atoms with Crippen molar-refractivity contribution in [3.63, 3.8) is 0 Å². The summed E-state index contributed by atoms with van der Waals surface area (Å²) in [5, 5.41) is 7.21. The fourth-order valence-electron chi connectivity index (χ4n) is 0. The van der Waals surface area contributed by atoms with E-state index in [2.05, 4.69) is 16.0 Å². The van der Waals surface area contributed by atoms with E-state index in [4.69, 9.17) is 5.26 Å². The zero-order valence-electron chi connectivity index (χ0n) is 1.80. The molecule has 0 aromatic heterocycles. The molecule has 0 saturated carbocycles. The Kier molecular flexibility index (Phi) is 67.5. The van der Waals surface area contributed by atoms with Crippen LogP contribution < -0.4 is 0 Å². The Morgan fingerprint density at radius 2 is 1.60 bits per heavy atom. The van der Waals surface area contributed by atoms with Crippen LogP contribution in [-0.2, 0) is 16.0 Å². The summed E-state index contributed by atoms with van der Waals surface area (Å²) >= 11 is 2.79. The predicted octanol–water partition coefficient (Wildman–Crippen LogP) is -1.46. The number of nitrogens with zero attached hydrogens (tertiary/aromatic N) is 1. The Balaban J connectivity index is -0.0000000200. The van der Waals surface area contributed by atoms with Crippen LogP contribution in [-0.4, -0.2) is 35.0 Å². The summed E-state index contributed by atoms with van der Waals surface area (Å²) in [5.41, 5.74) is 0. The Labute approximate surface area is 61.0 Å². The molecule has 2 N–H and O–H groups in total. The molecule has 4 heteroatoms. The molecule has 0 heterocycles. The first-order valence-corrected chi connectivity index (χ1v) is 0.952. The van der Waals surface area contributed by atoms with Crippen molar-refractivity contribution in [2.75, 3.05) is 0 Å². The van der Waals surface area contributed by atoms with Gasteiger partial charge in [0.1, 0.15) is 0 Å². The third-order valence-electron chi connectivity index (χ3n) is 0. The topological polar surface area (TPSA) is 55.3 Å². The van der Waals surface area contributed by atoms with Gasteiger partial charge in [-0.15, -0.1) is 0 Å². The van der Waals surface area contributed by atoms with Gasteiger partial charge in [0.2, 0.25) is 0 Å². The van der Waals surface area contributed by atoms with Crippen LogP contribution in [0.25, 0.3) is 0 Å². The zero-order chi connectivity index (χ0) is 2.71. The molecular weight excluding hydrogens is 121 g/mol. The SMILES string of the molecule is N#[C][Fe].O.[NaH]. The van der Waals surface area contributed by atoms with Gasteiger partial charge in [0.25, 0.3) is 0 Å². The summed E-state index contributed by atoms with van der Waals surface area (Å²) in [7, 11) is 0. The molecule has 0 rings (SSSR count). The number of hydrogen-bond acceptors (Lipinski definition) is 1. The van der Waals surface area contributed by atoms with E-state index < -0.39 is 0 Å². The van der Waals surface area contributed by atoms with Gasteiger partial charge in [0.05, 0.1) is 0 Å². The summed E-state index contributed by atoms with van der Waals surface area (Å²) < 4.78 is 0. The van der Waals surface area contributed by atoms with E-state index in [0.29, 0.717) is 0 Å². The van der Waals surface area contributed by atoms with Crippen molar-refractivity contribution in [3.8, 4) is 4.97 Å². The number of nitriles is 1. The minimum atomic E-state index is 0. The molecule has 27 valence electrons. The van der Waals surface area contributed by atoms with Crippen molar-refractivity contribution >= 4 is 29.6 Å². The molecule has 0 fully saturated rings. The van der Waals surface area contributed by atoms with Crippen molar-refractivity contribution in [3.05, 3.63) is 0 Å². The molecule has 0 atom stereocenters. The predicted molar refractivity (Wildman–Crippen MR) is 16.4 cm³/mol. The Hall–Kier alpha value is 0.969. The van der Waals surface area contributed by atoms with Gasteiger partial charge in [-0.05, 0) is 0 Å². The fraction of sp³-hybridized carbons (Fsp3) is 0. The molecular formula is CH3FeNNaO. The van der Waals surface area contributed by atoms with Crippen molar-refractivity contribution in [1.82, 2.24) is 0 Å². The standard InChI is InChI=1S/CN.Fe.Na.H2O.H/c1-2;;;;/h;;;1H2;. The first-order chi connectivity index (χ1) is 1.41. The second-order valence-corrected chi connectivity index (χ2v) is 0.326. The maximum absolute atomic E-state index is 7.21. The minimum absolute atomic E-state index is 0. The molecule has 0 bridgehead atoms. The molecule has 0 aromatic carbocycles. The van der Waals surface area contributed by atoms with Gasteiger partial charge in [-0.2, -0.15) is 0 Å². The van der Waals surface area contributed by atoms with Crippen LogP contribution in [0.4, 0.5) is 0 Å². The van der Waals surface area contributed by atoms with Crippen LogP contribution >= 0.6 is 0 Å². The van der Waals surface area contributed by atoms with Gasteiger partial charge < -0.3 is 5.48 Å². The molecule has 0 aliphatic rings. The third kappa shape index (κ3) is 46.6. The second-order valence-electron chi connectivity index (χ2n) is 0.0791. The summed E-state index contributed by atoms with van der Waals surface area (Å²) in [5.74, 6) is 0. The van der Waals surface area contributed by atoms with E-state index in [1.807, 2.05) is 0 Å². The molecule has 0 aromatic rings. The van der Waals surface area contributed by atoms with Crippen LogP contribution in [0.1, 0.15) is 0 Å². The first kappa shape index (κ1) is 16.7. The normalized spacial score (nSPS) is 1.60. The summed E-state index contributed by atoms with van der Waals surface area (Å²) in [6.07, 6.45) is 0. The molecule has 0 aliphatic heterocycles. The Morgan fingerprint density at radius 3 is 1.60 bits per heavy atom.